The van der Waals surface area contributed by atoms with Crippen LogP contribution in [0.4, 0.5) is 0 Å². The number of carbonyl (C=O) groups excluding carboxylic acids is 1. The first-order chi connectivity index (χ1) is 7.97. The van der Waals surface area contributed by atoms with E-state index in [1.165, 1.54) is 12.8 Å². The molecule has 2 N–H and O–H groups in total. The van der Waals surface area contributed by atoms with E-state index in [1.54, 1.807) is 0 Å². The van der Waals surface area contributed by atoms with Crippen molar-refractivity contribution in [3.8, 4) is 0 Å². The summed E-state index contributed by atoms with van der Waals surface area (Å²) in [7, 11) is 2.14. The van der Waals surface area contributed by atoms with Gasteiger partial charge in [0.1, 0.15) is 0 Å². The molecule has 0 bridgehead atoms. The molecule has 0 spiro atoms. The van der Waals surface area contributed by atoms with E-state index in [9.17, 15) is 4.79 Å². The van der Waals surface area contributed by atoms with Crippen molar-refractivity contribution < 1.29 is 4.79 Å². The summed E-state index contributed by atoms with van der Waals surface area (Å²) in [6.45, 7) is 8.75. The molecule has 1 fully saturated rings. The van der Waals surface area contributed by atoms with Gasteiger partial charge in [-0.2, -0.15) is 0 Å². The summed E-state index contributed by atoms with van der Waals surface area (Å²) in [5.74, 6) is 0.306. The Morgan fingerprint density at radius 3 is 2.59 bits per heavy atom. The minimum atomic E-state index is -0.360. The number of likely N-dealkylation sites (tertiary alicyclic amines) is 1. The molecule has 1 saturated heterocycles. The topological polar surface area (TPSA) is 49.6 Å². The van der Waals surface area contributed by atoms with E-state index in [2.05, 4.69) is 11.9 Å². The molecule has 0 aromatic heterocycles. The van der Waals surface area contributed by atoms with Gasteiger partial charge in [0.05, 0.1) is 6.04 Å². The molecule has 1 aliphatic heterocycles. The average Bonchev–Trinajstić information content (AvgIpc) is 2.69. The van der Waals surface area contributed by atoms with Crippen LogP contribution in [0.5, 0.6) is 0 Å². The third kappa shape index (κ3) is 3.68. The highest BCUT2D eigenvalue weighted by molar-refractivity contribution is 5.81. The minimum Gasteiger partial charge on any atom is -0.340 e. The van der Waals surface area contributed by atoms with E-state index in [4.69, 9.17) is 5.73 Å². The number of likely N-dealkylation sites (N-methyl/N-ethyl adjacent to an activating group) is 2. The van der Waals surface area contributed by atoms with Crippen molar-refractivity contribution in [1.82, 2.24) is 9.80 Å². The third-order valence-electron chi connectivity index (χ3n) is 3.80. The number of rotatable bonds is 5. The summed E-state index contributed by atoms with van der Waals surface area (Å²) in [6.07, 6.45) is 2.43. The number of nitrogens with zero attached hydrogens (tertiary/aromatic N) is 2. The van der Waals surface area contributed by atoms with Gasteiger partial charge in [-0.1, -0.05) is 13.8 Å². The van der Waals surface area contributed by atoms with Crippen LogP contribution in [0, 0.1) is 5.92 Å². The summed E-state index contributed by atoms with van der Waals surface area (Å²) in [5, 5.41) is 0. The zero-order chi connectivity index (χ0) is 13.0. The smallest absolute Gasteiger partial charge is 0.239 e. The van der Waals surface area contributed by atoms with Gasteiger partial charge in [-0.15, -0.1) is 0 Å². The van der Waals surface area contributed by atoms with E-state index in [-0.39, 0.29) is 17.9 Å². The molecule has 1 amide bonds. The lowest BCUT2D eigenvalue weighted by atomic mass is 10.0. The summed E-state index contributed by atoms with van der Waals surface area (Å²) in [5.41, 5.74) is 5.94. The quantitative estimate of drug-likeness (QED) is 0.778. The van der Waals surface area contributed by atoms with E-state index in [0.717, 1.165) is 19.6 Å². The first kappa shape index (κ1) is 14.5. The Balaban J connectivity index is 2.55. The number of nitrogens with two attached hydrogens (primary N) is 1. The van der Waals surface area contributed by atoms with Crippen molar-refractivity contribution in [1.29, 1.82) is 0 Å². The first-order valence-corrected chi connectivity index (χ1v) is 6.72. The van der Waals surface area contributed by atoms with Gasteiger partial charge in [0.25, 0.3) is 0 Å². The molecule has 100 valence electrons. The molecule has 4 nitrogen and oxygen atoms in total. The van der Waals surface area contributed by atoms with E-state index in [0.29, 0.717) is 6.04 Å². The highest BCUT2D eigenvalue weighted by Gasteiger charge is 2.28. The van der Waals surface area contributed by atoms with Gasteiger partial charge in [-0.05, 0) is 39.3 Å². The molecule has 0 saturated carbocycles. The fraction of sp³-hybridized carbons (Fsp3) is 0.923. The Labute approximate surface area is 105 Å². The Morgan fingerprint density at radius 1 is 1.53 bits per heavy atom. The summed E-state index contributed by atoms with van der Waals surface area (Å²) in [6, 6.07) is 0.153. The monoisotopic (exact) mass is 241 g/mol. The molecule has 1 heterocycles. The Hall–Kier alpha value is -0.610. The van der Waals surface area contributed by atoms with Crippen LogP contribution in [-0.2, 0) is 4.79 Å². The second-order valence-electron chi connectivity index (χ2n) is 5.42. The highest BCUT2D eigenvalue weighted by atomic mass is 16.2. The predicted octanol–water partition coefficient (Wildman–Crippen LogP) is 0.912. The largest absolute Gasteiger partial charge is 0.340 e. The van der Waals surface area contributed by atoms with Crippen molar-refractivity contribution in [2.45, 2.75) is 45.7 Å². The van der Waals surface area contributed by atoms with Crippen LogP contribution in [0.3, 0.4) is 0 Å². The van der Waals surface area contributed by atoms with E-state index < -0.39 is 0 Å². The predicted molar refractivity (Wildman–Crippen MR) is 70.7 cm³/mol. The molecular weight excluding hydrogens is 214 g/mol. The molecule has 0 aliphatic carbocycles. The van der Waals surface area contributed by atoms with Crippen LogP contribution in [0.15, 0.2) is 0 Å². The zero-order valence-electron chi connectivity index (χ0n) is 11.6. The molecule has 1 aliphatic rings. The lowest BCUT2D eigenvalue weighted by Gasteiger charge is -2.30. The summed E-state index contributed by atoms with van der Waals surface area (Å²) < 4.78 is 0. The number of hydrogen-bond acceptors (Lipinski definition) is 3. The number of carbonyl (C=O) groups is 1. The summed E-state index contributed by atoms with van der Waals surface area (Å²) in [4.78, 5) is 16.5. The van der Waals surface area contributed by atoms with Gasteiger partial charge in [0, 0.05) is 19.1 Å². The Morgan fingerprint density at radius 2 is 2.18 bits per heavy atom. The average molecular weight is 241 g/mol. The minimum absolute atomic E-state index is 0.0998. The Bertz CT molecular complexity index is 255. The van der Waals surface area contributed by atoms with Crippen LogP contribution < -0.4 is 5.73 Å². The van der Waals surface area contributed by atoms with Gasteiger partial charge < -0.3 is 15.5 Å². The standard InChI is InChI=1S/C13H27N3O/c1-5-16(13(17)12(14)10(2)3)9-11-7-6-8-15(11)4/h10-12H,5-9,14H2,1-4H3/t11-,12-/m0/s1. The van der Waals surface area contributed by atoms with Crippen molar-refractivity contribution in [2.24, 2.45) is 11.7 Å². The van der Waals surface area contributed by atoms with Gasteiger partial charge in [0.15, 0.2) is 0 Å². The van der Waals surface area contributed by atoms with Gasteiger partial charge in [-0.25, -0.2) is 0 Å². The van der Waals surface area contributed by atoms with E-state index in [1.807, 2.05) is 25.7 Å². The SMILES string of the molecule is CCN(C[C@@H]1CCCN1C)C(=O)[C@@H](N)C(C)C. The second-order valence-corrected chi connectivity index (χ2v) is 5.42. The molecule has 2 atom stereocenters. The van der Waals surface area contributed by atoms with Crippen molar-refractivity contribution in [3.05, 3.63) is 0 Å². The van der Waals surface area contributed by atoms with Gasteiger partial charge >= 0.3 is 0 Å². The molecule has 0 unspecified atom stereocenters. The van der Waals surface area contributed by atoms with Crippen molar-refractivity contribution >= 4 is 5.91 Å². The maximum absolute atomic E-state index is 12.2. The number of amides is 1. The molecule has 0 radical (unpaired) electrons. The summed E-state index contributed by atoms with van der Waals surface area (Å²) >= 11 is 0. The lowest BCUT2D eigenvalue weighted by molar-refractivity contribution is -0.134. The molecule has 0 aromatic rings. The van der Waals surface area contributed by atoms with Crippen LogP contribution in [-0.4, -0.2) is 54.5 Å². The van der Waals surface area contributed by atoms with Crippen molar-refractivity contribution in [2.75, 3.05) is 26.7 Å². The lowest BCUT2D eigenvalue weighted by Crippen LogP contribution is -2.50. The van der Waals surface area contributed by atoms with Crippen LogP contribution in [0.2, 0.25) is 0 Å². The van der Waals surface area contributed by atoms with Gasteiger partial charge in [0.2, 0.25) is 5.91 Å². The van der Waals surface area contributed by atoms with Gasteiger partial charge in [-0.3, -0.25) is 4.79 Å². The molecule has 17 heavy (non-hydrogen) atoms. The third-order valence-corrected chi connectivity index (χ3v) is 3.80. The molecule has 0 aromatic carbocycles. The maximum atomic E-state index is 12.2. The highest BCUT2D eigenvalue weighted by Crippen LogP contribution is 2.16. The van der Waals surface area contributed by atoms with Crippen molar-refractivity contribution in [3.63, 3.8) is 0 Å². The first-order valence-electron chi connectivity index (χ1n) is 6.72. The van der Waals surface area contributed by atoms with E-state index >= 15 is 0 Å². The molecule has 1 rings (SSSR count). The number of hydrogen-bond donors (Lipinski definition) is 1. The van der Waals surface area contributed by atoms with Crippen LogP contribution in [0.1, 0.15) is 33.6 Å². The zero-order valence-corrected chi connectivity index (χ0v) is 11.6. The fourth-order valence-electron chi connectivity index (χ4n) is 2.34. The molecular formula is C13H27N3O. The Kier molecular flexibility index (Phi) is 5.40. The van der Waals surface area contributed by atoms with Crippen LogP contribution >= 0.6 is 0 Å². The van der Waals surface area contributed by atoms with Crippen LogP contribution in [0.25, 0.3) is 0 Å². The molecule has 4 heteroatoms. The maximum Gasteiger partial charge on any atom is 0.239 e. The fourth-order valence-corrected chi connectivity index (χ4v) is 2.34. The second kappa shape index (κ2) is 6.36. The normalized spacial score (nSPS) is 23.1.